The maximum atomic E-state index is 12.4. The van der Waals surface area contributed by atoms with E-state index in [2.05, 4.69) is 4.72 Å². The highest BCUT2D eigenvalue weighted by Gasteiger charge is 2.29. The van der Waals surface area contributed by atoms with Gasteiger partial charge in [-0.15, -0.1) is 0 Å². The molecule has 1 unspecified atom stereocenters. The number of ether oxygens (including phenoxy) is 1. The summed E-state index contributed by atoms with van der Waals surface area (Å²) in [5.41, 5.74) is 0. The number of nitrogens with one attached hydrogen (secondary N) is 1. The van der Waals surface area contributed by atoms with Crippen LogP contribution in [0.1, 0.15) is 32.6 Å². The van der Waals surface area contributed by atoms with Crippen LogP contribution < -0.4 is 4.72 Å². The number of hydrogen-bond acceptors (Lipinski definition) is 4. The van der Waals surface area contributed by atoms with Crippen LogP contribution in [-0.4, -0.2) is 69.0 Å². The van der Waals surface area contributed by atoms with Gasteiger partial charge in [0.25, 0.3) is 10.2 Å². The zero-order valence-corrected chi connectivity index (χ0v) is 13.4. The average Bonchev–Trinajstić information content (AvgIpc) is 2.76. The first-order chi connectivity index (χ1) is 10.0. The van der Waals surface area contributed by atoms with Crippen molar-refractivity contribution < 1.29 is 17.9 Å². The Morgan fingerprint density at radius 1 is 1.05 bits per heavy atom. The van der Waals surface area contributed by atoms with Gasteiger partial charge in [0.2, 0.25) is 5.91 Å². The second-order valence-electron chi connectivity index (χ2n) is 5.60. The predicted molar refractivity (Wildman–Crippen MR) is 79.0 cm³/mol. The molecule has 0 aromatic rings. The van der Waals surface area contributed by atoms with Crippen LogP contribution in [0.15, 0.2) is 0 Å². The number of carbonyl (C=O) groups excluding carboxylic acids is 1. The lowest BCUT2D eigenvalue weighted by molar-refractivity contribution is -0.136. The maximum absolute atomic E-state index is 12.4. The van der Waals surface area contributed by atoms with E-state index >= 15 is 0 Å². The first kappa shape index (κ1) is 16.7. The SMILES string of the molecule is CC(NS(=O)(=O)N1CCCCCC1)C(=O)N1CCOCC1. The molecule has 0 bridgehead atoms. The molecule has 2 aliphatic heterocycles. The summed E-state index contributed by atoms with van der Waals surface area (Å²) in [5, 5.41) is 0. The Hall–Kier alpha value is -0.700. The largest absolute Gasteiger partial charge is 0.378 e. The van der Waals surface area contributed by atoms with Crippen molar-refractivity contribution in [3.05, 3.63) is 0 Å². The molecular formula is C13H25N3O4S. The fraction of sp³-hybridized carbons (Fsp3) is 0.923. The van der Waals surface area contributed by atoms with Crippen LogP contribution in [0, 0.1) is 0 Å². The molecule has 0 aromatic heterocycles. The van der Waals surface area contributed by atoms with E-state index in [0.717, 1.165) is 25.7 Å². The first-order valence-electron chi connectivity index (χ1n) is 7.64. The van der Waals surface area contributed by atoms with Crippen LogP contribution in [-0.2, 0) is 19.7 Å². The van der Waals surface area contributed by atoms with Crippen molar-refractivity contribution in [2.45, 2.75) is 38.6 Å². The monoisotopic (exact) mass is 319 g/mol. The Bertz CT molecular complexity index is 440. The molecule has 21 heavy (non-hydrogen) atoms. The molecule has 2 aliphatic rings. The normalized spacial score (nSPS) is 23.6. The molecule has 0 spiro atoms. The van der Waals surface area contributed by atoms with E-state index in [0.29, 0.717) is 39.4 Å². The highest BCUT2D eigenvalue weighted by molar-refractivity contribution is 7.87. The van der Waals surface area contributed by atoms with Crippen molar-refractivity contribution >= 4 is 16.1 Å². The second-order valence-corrected chi connectivity index (χ2v) is 7.30. The number of carbonyl (C=O) groups is 1. The van der Waals surface area contributed by atoms with E-state index in [-0.39, 0.29) is 5.91 Å². The Labute approximate surface area is 126 Å². The van der Waals surface area contributed by atoms with Gasteiger partial charge in [0, 0.05) is 26.2 Å². The summed E-state index contributed by atoms with van der Waals surface area (Å²) in [6.07, 6.45) is 3.89. The fourth-order valence-corrected chi connectivity index (χ4v) is 4.12. The molecule has 0 aliphatic carbocycles. The van der Waals surface area contributed by atoms with Crippen LogP contribution in [0.4, 0.5) is 0 Å². The zero-order valence-electron chi connectivity index (χ0n) is 12.6. The molecule has 122 valence electrons. The number of nitrogens with zero attached hydrogens (tertiary/aromatic N) is 2. The van der Waals surface area contributed by atoms with E-state index in [1.54, 1.807) is 11.8 Å². The maximum Gasteiger partial charge on any atom is 0.280 e. The van der Waals surface area contributed by atoms with Crippen molar-refractivity contribution in [1.29, 1.82) is 0 Å². The third-order valence-electron chi connectivity index (χ3n) is 3.92. The molecule has 1 amide bonds. The van der Waals surface area contributed by atoms with Gasteiger partial charge in [0.05, 0.1) is 19.3 Å². The summed E-state index contributed by atoms with van der Waals surface area (Å²) in [4.78, 5) is 13.9. The van der Waals surface area contributed by atoms with Gasteiger partial charge in [-0.1, -0.05) is 12.8 Å². The number of rotatable bonds is 4. The van der Waals surface area contributed by atoms with Crippen LogP contribution in [0.2, 0.25) is 0 Å². The number of morpholine rings is 1. The van der Waals surface area contributed by atoms with Crippen LogP contribution in [0.3, 0.4) is 0 Å². The van der Waals surface area contributed by atoms with Gasteiger partial charge in [-0.3, -0.25) is 4.79 Å². The summed E-state index contributed by atoms with van der Waals surface area (Å²) in [6, 6.07) is -0.739. The van der Waals surface area contributed by atoms with E-state index < -0.39 is 16.3 Å². The van der Waals surface area contributed by atoms with E-state index in [9.17, 15) is 13.2 Å². The fourth-order valence-electron chi connectivity index (χ4n) is 2.69. The van der Waals surface area contributed by atoms with Gasteiger partial charge in [-0.25, -0.2) is 0 Å². The summed E-state index contributed by atoms with van der Waals surface area (Å²) >= 11 is 0. The zero-order chi connectivity index (χ0) is 15.3. The Morgan fingerprint density at radius 3 is 2.19 bits per heavy atom. The summed E-state index contributed by atoms with van der Waals surface area (Å²) in [7, 11) is -3.59. The molecule has 1 N–H and O–H groups in total. The van der Waals surface area contributed by atoms with E-state index in [1.807, 2.05) is 0 Å². The van der Waals surface area contributed by atoms with Gasteiger partial charge in [-0.05, 0) is 19.8 Å². The molecule has 7 nitrogen and oxygen atoms in total. The quantitative estimate of drug-likeness (QED) is 0.788. The Kier molecular flexibility index (Phi) is 5.98. The molecule has 2 heterocycles. The van der Waals surface area contributed by atoms with Crippen LogP contribution in [0.5, 0.6) is 0 Å². The smallest absolute Gasteiger partial charge is 0.280 e. The molecule has 0 radical (unpaired) electrons. The Morgan fingerprint density at radius 2 is 1.62 bits per heavy atom. The van der Waals surface area contributed by atoms with Gasteiger partial charge >= 0.3 is 0 Å². The molecule has 2 fully saturated rings. The lowest BCUT2D eigenvalue weighted by Gasteiger charge is -2.30. The van der Waals surface area contributed by atoms with Crippen LogP contribution >= 0.6 is 0 Å². The van der Waals surface area contributed by atoms with Gasteiger partial charge in [-0.2, -0.15) is 17.4 Å². The summed E-state index contributed by atoms with van der Waals surface area (Å²) in [5.74, 6) is -0.184. The van der Waals surface area contributed by atoms with Crippen molar-refractivity contribution in [3.63, 3.8) is 0 Å². The third-order valence-corrected chi connectivity index (χ3v) is 5.62. The molecule has 2 saturated heterocycles. The number of amides is 1. The van der Waals surface area contributed by atoms with Gasteiger partial charge in [0.15, 0.2) is 0 Å². The highest BCUT2D eigenvalue weighted by Crippen LogP contribution is 2.13. The minimum atomic E-state index is -3.59. The minimum absolute atomic E-state index is 0.184. The van der Waals surface area contributed by atoms with Crippen molar-refractivity contribution in [2.24, 2.45) is 0 Å². The molecule has 0 aromatic carbocycles. The summed E-state index contributed by atoms with van der Waals surface area (Å²) < 4.78 is 33.9. The average molecular weight is 319 g/mol. The highest BCUT2D eigenvalue weighted by atomic mass is 32.2. The topological polar surface area (TPSA) is 79.0 Å². The third kappa shape index (κ3) is 4.64. The number of hydrogen-bond donors (Lipinski definition) is 1. The molecule has 0 saturated carbocycles. The summed E-state index contributed by atoms with van der Waals surface area (Å²) in [6.45, 7) is 4.74. The van der Waals surface area contributed by atoms with Gasteiger partial charge < -0.3 is 9.64 Å². The second kappa shape index (κ2) is 7.53. The van der Waals surface area contributed by atoms with E-state index in [4.69, 9.17) is 4.74 Å². The van der Waals surface area contributed by atoms with E-state index in [1.165, 1.54) is 4.31 Å². The van der Waals surface area contributed by atoms with Crippen molar-refractivity contribution in [1.82, 2.24) is 13.9 Å². The Balaban J connectivity index is 1.93. The molecule has 8 heteroatoms. The predicted octanol–water partition coefficient (Wildman–Crippen LogP) is -0.0559. The van der Waals surface area contributed by atoms with Crippen LogP contribution in [0.25, 0.3) is 0 Å². The minimum Gasteiger partial charge on any atom is -0.378 e. The lowest BCUT2D eigenvalue weighted by atomic mass is 10.2. The van der Waals surface area contributed by atoms with Crippen molar-refractivity contribution in [2.75, 3.05) is 39.4 Å². The lowest BCUT2D eigenvalue weighted by Crippen LogP contribution is -2.53. The first-order valence-corrected chi connectivity index (χ1v) is 9.08. The van der Waals surface area contributed by atoms with Crippen molar-refractivity contribution in [3.8, 4) is 0 Å². The molecule has 2 rings (SSSR count). The standard InChI is InChI=1S/C13H25N3O4S/c1-12(13(17)15-8-10-20-11-9-15)14-21(18,19)16-6-4-2-3-5-7-16/h12,14H,2-11H2,1H3. The molecular weight excluding hydrogens is 294 g/mol. The molecule has 1 atom stereocenters. The van der Waals surface area contributed by atoms with Gasteiger partial charge in [0.1, 0.15) is 0 Å².